The molecular formula is C24H18O7. The van der Waals surface area contributed by atoms with Crippen molar-refractivity contribution < 1.29 is 29.6 Å². The third kappa shape index (κ3) is 3.81. The van der Waals surface area contributed by atoms with Gasteiger partial charge in [-0.1, -0.05) is 30.3 Å². The van der Waals surface area contributed by atoms with Gasteiger partial charge in [0.25, 0.3) is 0 Å². The van der Waals surface area contributed by atoms with Crippen LogP contribution < -0.4 is 5.43 Å². The highest BCUT2D eigenvalue weighted by Gasteiger charge is 2.27. The molecule has 0 radical (unpaired) electrons. The van der Waals surface area contributed by atoms with Crippen molar-refractivity contribution in [2.45, 2.75) is 12.3 Å². The quantitative estimate of drug-likeness (QED) is 0.383. The summed E-state index contributed by atoms with van der Waals surface area (Å²) in [6.45, 7) is 0. The van der Waals surface area contributed by atoms with E-state index in [4.69, 9.17) is 4.42 Å². The van der Waals surface area contributed by atoms with Crippen molar-refractivity contribution in [3.05, 3.63) is 88.1 Å². The van der Waals surface area contributed by atoms with E-state index >= 15 is 0 Å². The molecule has 1 aromatic heterocycles. The molecule has 7 nitrogen and oxygen atoms in total. The highest BCUT2D eigenvalue weighted by Crippen LogP contribution is 2.42. The third-order valence-electron chi connectivity index (χ3n) is 5.08. The largest absolute Gasteiger partial charge is 0.508 e. The Kier molecular flexibility index (Phi) is 5.09. The molecule has 1 unspecified atom stereocenters. The molecule has 4 N–H and O–H groups in total. The summed E-state index contributed by atoms with van der Waals surface area (Å²) in [4.78, 5) is 24.4. The van der Waals surface area contributed by atoms with Gasteiger partial charge in [-0.3, -0.25) is 9.59 Å². The number of carbonyl (C=O) groups is 1. The van der Waals surface area contributed by atoms with Gasteiger partial charge in [0.1, 0.15) is 34.0 Å². The molecule has 4 rings (SSSR count). The topological polar surface area (TPSA) is 128 Å². The Hall–Kier alpha value is -4.26. The van der Waals surface area contributed by atoms with E-state index in [-0.39, 0.29) is 40.2 Å². The molecule has 7 heteroatoms. The van der Waals surface area contributed by atoms with Crippen molar-refractivity contribution in [2.24, 2.45) is 0 Å². The van der Waals surface area contributed by atoms with Gasteiger partial charge in [0, 0.05) is 29.2 Å². The average molecular weight is 418 g/mol. The molecule has 3 aromatic carbocycles. The van der Waals surface area contributed by atoms with Crippen LogP contribution in [0.2, 0.25) is 0 Å². The van der Waals surface area contributed by atoms with E-state index in [1.54, 1.807) is 42.5 Å². The second-order valence-electron chi connectivity index (χ2n) is 7.12. The smallest absolute Gasteiger partial charge is 0.304 e. The molecule has 1 heterocycles. The first-order valence-corrected chi connectivity index (χ1v) is 9.44. The first-order valence-electron chi connectivity index (χ1n) is 9.44. The van der Waals surface area contributed by atoms with Crippen LogP contribution in [-0.4, -0.2) is 26.4 Å². The SMILES string of the molecule is O=C(O)CC(c1ccccc1)c1c(O)cc(O)c2c(=O)cc(-c3ccc(O)cc3)oc12. The number of hydrogen-bond donors (Lipinski definition) is 4. The highest BCUT2D eigenvalue weighted by molar-refractivity contribution is 5.90. The lowest BCUT2D eigenvalue weighted by atomic mass is 9.86. The van der Waals surface area contributed by atoms with E-state index < -0.39 is 23.1 Å². The zero-order valence-corrected chi connectivity index (χ0v) is 16.1. The van der Waals surface area contributed by atoms with Crippen LogP contribution in [0.25, 0.3) is 22.3 Å². The molecule has 0 aliphatic heterocycles. The molecule has 0 aliphatic rings. The Balaban J connectivity index is 2.04. The van der Waals surface area contributed by atoms with Crippen LogP contribution >= 0.6 is 0 Å². The van der Waals surface area contributed by atoms with Crippen LogP contribution in [0.1, 0.15) is 23.5 Å². The van der Waals surface area contributed by atoms with Crippen LogP contribution in [0.3, 0.4) is 0 Å². The summed E-state index contributed by atoms with van der Waals surface area (Å²) in [5, 5.41) is 39.8. The lowest BCUT2D eigenvalue weighted by Gasteiger charge is -2.19. The number of phenolic OH excluding ortho intramolecular Hbond substituents is 3. The van der Waals surface area contributed by atoms with E-state index in [9.17, 15) is 30.0 Å². The molecule has 1 atom stereocenters. The number of carboxylic acids is 1. The van der Waals surface area contributed by atoms with Gasteiger partial charge < -0.3 is 24.8 Å². The van der Waals surface area contributed by atoms with Crippen LogP contribution in [0, 0.1) is 0 Å². The molecule has 0 bridgehead atoms. The van der Waals surface area contributed by atoms with Crippen LogP contribution in [0.5, 0.6) is 17.2 Å². The van der Waals surface area contributed by atoms with Crippen molar-refractivity contribution >= 4 is 16.9 Å². The van der Waals surface area contributed by atoms with Gasteiger partial charge in [-0.05, 0) is 29.8 Å². The van der Waals surface area contributed by atoms with Crippen molar-refractivity contribution in [3.63, 3.8) is 0 Å². The minimum atomic E-state index is -1.11. The summed E-state index contributed by atoms with van der Waals surface area (Å²) in [6, 6.07) is 16.9. The first kappa shape index (κ1) is 20.0. The Bertz CT molecular complexity index is 1320. The lowest BCUT2D eigenvalue weighted by molar-refractivity contribution is -0.137. The molecule has 0 saturated heterocycles. The number of hydrogen-bond acceptors (Lipinski definition) is 6. The van der Waals surface area contributed by atoms with E-state index in [0.29, 0.717) is 11.1 Å². The van der Waals surface area contributed by atoms with E-state index in [1.165, 1.54) is 18.2 Å². The van der Waals surface area contributed by atoms with Crippen molar-refractivity contribution in [2.75, 3.05) is 0 Å². The lowest BCUT2D eigenvalue weighted by Crippen LogP contribution is -2.11. The minimum Gasteiger partial charge on any atom is -0.508 e. The standard InChI is InChI=1S/C24H18O7/c25-15-8-6-14(7-9-15)20-12-19(28)23-18(27)11-17(26)22(24(23)31-20)16(10-21(29)30)13-4-2-1-3-5-13/h1-9,11-12,16,25-27H,10H2,(H,29,30). The van der Waals surface area contributed by atoms with Gasteiger partial charge in [0.2, 0.25) is 0 Å². The minimum absolute atomic E-state index is 0.0356. The normalized spacial score (nSPS) is 12.0. The number of fused-ring (bicyclic) bond motifs is 1. The summed E-state index contributed by atoms with van der Waals surface area (Å²) in [6.07, 6.45) is -0.370. The predicted molar refractivity (Wildman–Crippen MR) is 113 cm³/mol. The second kappa shape index (κ2) is 7.87. The van der Waals surface area contributed by atoms with Gasteiger partial charge in [-0.15, -0.1) is 0 Å². The molecule has 0 fully saturated rings. The van der Waals surface area contributed by atoms with Crippen LogP contribution in [0.4, 0.5) is 0 Å². The zero-order valence-electron chi connectivity index (χ0n) is 16.1. The maximum Gasteiger partial charge on any atom is 0.304 e. The fourth-order valence-corrected chi connectivity index (χ4v) is 3.67. The fraction of sp³-hybridized carbons (Fsp3) is 0.0833. The van der Waals surface area contributed by atoms with Crippen LogP contribution in [-0.2, 0) is 4.79 Å². The zero-order chi connectivity index (χ0) is 22.1. The fourth-order valence-electron chi connectivity index (χ4n) is 3.67. The molecule has 0 aliphatic carbocycles. The first-order chi connectivity index (χ1) is 14.8. The monoisotopic (exact) mass is 418 g/mol. The maximum atomic E-state index is 12.8. The van der Waals surface area contributed by atoms with Gasteiger partial charge >= 0.3 is 5.97 Å². The van der Waals surface area contributed by atoms with E-state index in [2.05, 4.69) is 0 Å². The average Bonchev–Trinajstić information content (AvgIpc) is 2.73. The second-order valence-corrected chi connectivity index (χ2v) is 7.12. The molecule has 0 amide bonds. The van der Waals surface area contributed by atoms with Crippen molar-refractivity contribution in [3.8, 4) is 28.6 Å². The number of carboxylic acid groups (broad SMARTS) is 1. The maximum absolute atomic E-state index is 12.8. The molecular weight excluding hydrogens is 400 g/mol. The van der Waals surface area contributed by atoms with Crippen LogP contribution in [0.15, 0.2) is 75.9 Å². The molecule has 0 spiro atoms. The predicted octanol–water partition coefficient (Wildman–Crippen LogP) is 4.18. The summed E-state index contributed by atoms with van der Waals surface area (Å²) < 4.78 is 5.95. The Morgan fingerprint density at radius 2 is 1.58 bits per heavy atom. The number of benzene rings is 3. The van der Waals surface area contributed by atoms with E-state index in [1.807, 2.05) is 0 Å². The summed E-state index contributed by atoms with van der Waals surface area (Å²) >= 11 is 0. The number of aliphatic carboxylic acids is 1. The summed E-state index contributed by atoms with van der Waals surface area (Å²) in [5.74, 6) is -2.61. The Morgan fingerprint density at radius 3 is 2.23 bits per heavy atom. The third-order valence-corrected chi connectivity index (χ3v) is 5.08. The Morgan fingerprint density at radius 1 is 0.903 bits per heavy atom. The Labute approximate surface area is 176 Å². The molecule has 31 heavy (non-hydrogen) atoms. The van der Waals surface area contributed by atoms with Gasteiger partial charge in [0.15, 0.2) is 5.43 Å². The highest BCUT2D eigenvalue weighted by atomic mass is 16.4. The van der Waals surface area contributed by atoms with Crippen molar-refractivity contribution in [1.29, 1.82) is 0 Å². The number of aromatic hydroxyl groups is 3. The summed E-state index contributed by atoms with van der Waals surface area (Å²) in [5.41, 5.74) is 0.539. The van der Waals surface area contributed by atoms with Crippen molar-refractivity contribution in [1.82, 2.24) is 0 Å². The van der Waals surface area contributed by atoms with E-state index in [0.717, 1.165) is 6.07 Å². The summed E-state index contributed by atoms with van der Waals surface area (Å²) in [7, 11) is 0. The number of phenols is 3. The molecule has 0 saturated carbocycles. The van der Waals surface area contributed by atoms with Gasteiger partial charge in [-0.2, -0.15) is 0 Å². The number of rotatable bonds is 5. The molecule has 156 valence electrons. The van der Waals surface area contributed by atoms with Gasteiger partial charge in [-0.25, -0.2) is 0 Å². The van der Waals surface area contributed by atoms with Gasteiger partial charge in [0.05, 0.1) is 6.42 Å². The molecule has 4 aromatic rings.